The van der Waals surface area contributed by atoms with Crippen molar-refractivity contribution in [2.45, 2.75) is 6.92 Å². The third-order valence-electron chi connectivity index (χ3n) is 3.56. The quantitative estimate of drug-likeness (QED) is 0.648. The number of carbonyl (C=O) groups is 1. The van der Waals surface area contributed by atoms with Crippen molar-refractivity contribution in [3.05, 3.63) is 70.4 Å². The molecule has 6 heteroatoms. The lowest BCUT2D eigenvalue weighted by molar-refractivity contribution is -0.121. The van der Waals surface area contributed by atoms with Crippen molar-refractivity contribution in [1.29, 1.82) is 0 Å². The molecule has 1 heterocycles. The van der Waals surface area contributed by atoms with Crippen LogP contribution in [0.2, 0.25) is 0 Å². The van der Waals surface area contributed by atoms with E-state index in [0.717, 1.165) is 5.69 Å². The van der Waals surface area contributed by atoms with E-state index < -0.39 is 0 Å². The Labute approximate surface area is 149 Å². The zero-order valence-corrected chi connectivity index (χ0v) is 14.6. The van der Waals surface area contributed by atoms with Gasteiger partial charge in [0.15, 0.2) is 0 Å². The van der Waals surface area contributed by atoms with Gasteiger partial charge in [0.1, 0.15) is 10.1 Å². The third-order valence-corrected chi connectivity index (χ3v) is 4.94. The molecule has 3 nitrogen and oxygen atoms in total. The summed E-state index contributed by atoms with van der Waals surface area (Å²) in [5.74, 6) is -0.576. The van der Waals surface area contributed by atoms with Gasteiger partial charge in [0.05, 0.1) is 11.6 Å². The van der Waals surface area contributed by atoms with Crippen molar-refractivity contribution in [2.75, 3.05) is 12.0 Å². The van der Waals surface area contributed by atoms with Crippen molar-refractivity contribution in [3.8, 4) is 0 Å². The molecule has 1 amide bonds. The highest BCUT2D eigenvalue weighted by Gasteiger charge is 2.31. The molecular weight excluding hydrogens is 343 g/mol. The number of thioether (sulfide) groups is 1. The van der Waals surface area contributed by atoms with Gasteiger partial charge in [0.2, 0.25) is 0 Å². The Morgan fingerprint density at radius 1 is 1.21 bits per heavy atom. The molecule has 2 aromatic carbocycles. The van der Waals surface area contributed by atoms with Gasteiger partial charge in [-0.3, -0.25) is 9.69 Å². The topological polar surface area (TPSA) is 32.3 Å². The summed E-state index contributed by atoms with van der Waals surface area (Å²) in [7, 11) is 0. The number of thiocarbonyl (C=S) groups is 1. The van der Waals surface area contributed by atoms with E-state index in [2.05, 4.69) is 5.32 Å². The maximum absolute atomic E-state index is 13.7. The summed E-state index contributed by atoms with van der Waals surface area (Å²) in [6.45, 7) is 2.29. The molecule has 0 saturated carbocycles. The normalized spacial score (nSPS) is 16.1. The lowest BCUT2D eigenvalue weighted by Gasteiger charge is -2.16. The lowest BCUT2D eigenvalue weighted by atomic mass is 10.2. The summed E-state index contributed by atoms with van der Waals surface area (Å²) in [6.07, 6.45) is 1.54. The number of hydrogen-bond donors (Lipinski definition) is 1. The molecule has 122 valence electrons. The molecule has 0 atom stereocenters. The predicted molar refractivity (Wildman–Crippen MR) is 101 cm³/mol. The zero-order valence-electron chi connectivity index (χ0n) is 13.0. The van der Waals surface area contributed by atoms with Gasteiger partial charge in [-0.2, -0.15) is 0 Å². The molecule has 1 saturated heterocycles. The van der Waals surface area contributed by atoms with Crippen LogP contribution in [0.25, 0.3) is 6.08 Å². The molecule has 2 aromatic rings. The molecule has 24 heavy (non-hydrogen) atoms. The van der Waals surface area contributed by atoms with Crippen LogP contribution in [-0.4, -0.2) is 21.8 Å². The second kappa shape index (κ2) is 7.15. The summed E-state index contributed by atoms with van der Waals surface area (Å²) in [6, 6.07) is 14.2. The Bertz CT molecular complexity index is 818. The number of nitrogens with one attached hydrogen (secondary N) is 1. The highest BCUT2D eigenvalue weighted by Crippen LogP contribution is 2.32. The van der Waals surface area contributed by atoms with Crippen LogP contribution < -0.4 is 5.32 Å². The summed E-state index contributed by atoms with van der Waals surface area (Å²) in [5.41, 5.74) is 2.45. The fraction of sp³-hybridized carbons (Fsp3) is 0.111. The minimum absolute atomic E-state index is 0.215. The monoisotopic (exact) mass is 358 g/mol. The van der Waals surface area contributed by atoms with Crippen molar-refractivity contribution in [3.63, 3.8) is 0 Å². The number of nitrogens with zero attached hydrogens (tertiary/aromatic N) is 1. The maximum Gasteiger partial charge on any atom is 0.267 e. The van der Waals surface area contributed by atoms with Crippen molar-refractivity contribution >= 4 is 46.0 Å². The summed E-state index contributed by atoms with van der Waals surface area (Å²) >= 11 is 6.46. The first-order valence-electron chi connectivity index (χ1n) is 7.35. The van der Waals surface area contributed by atoms with Crippen LogP contribution in [0.4, 0.5) is 10.1 Å². The number of hydrogen-bond acceptors (Lipinski definition) is 4. The average molecular weight is 358 g/mol. The van der Waals surface area contributed by atoms with E-state index in [4.69, 9.17) is 12.2 Å². The first-order valence-corrected chi connectivity index (χ1v) is 8.57. The Balaban J connectivity index is 1.72. The first kappa shape index (κ1) is 16.7. The van der Waals surface area contributed by atoms with Crippen molar-refractivity contribution in [1.82, 2.24) is 4.90 Å². The van der Waals surface area contributed by atoms with E-state index >= 15 is 0 Å². The SMILES string of the molecule is Cc1ccc(NCN2C(=O)C(=Cc3ccccc3F)SC2=S)cc1. The molecule has 1 aliphatic rings. The molecule has 0 spiro atoms. The average Bonchev–Trinajstić information content (AvgIpc) is 2.83. The molecule has 0 aliphatic carbocycles. The van der Waals surface area contributed by atoms with Crippen LogP contribution in [0.1, 0.15) is 11.1 Å². The molecule has 0 radical (unpaired) electrons. The molecule has 1 aliphatic heterocycles. The predicted octanol–water partition coefficient (Wildman–Crippen LogP) is 4.40. The third kappa shape index (κ3) is 3.66. The van der Waals surface area contributed by atoms with Crippen molar-refractivity contribution < 1.29 is 9.18 Å². The van der Waals surface area contributed by atoms with Gasteiger partial charge in [-0.1, -0.05) is 59.9 Å². The number of carbonyl (C=O) groups excluding carboxylic acids is 1. The summed E-state index contributed by atoms with van der Waals surface area (Å²) in [5, 5.41) is 3.17. The van der Waals surface area contributed by atoms with E-state index in [-0.39, 0.29) is 18.4 Å². The second-order valence-electron chi connectivity index (χ2n) is 5.33. The van der Waals surface area contributed by atoms with Crippen LogP contribution in [0.3, 0.4) is 0 Å². The number of rotatable bonds is 4. The zero-order chi connectivity index (χ0) is 17.1. The maximum atomic E-state index is 13.7. The fourth-order valence-electron chi connectivity index (χ4n) is 2.21. The van der Waals surface area contributed by atoms with Crippen molar-refractivity contribution in [2.24, 2.45) is 0 Å². The van der Waals surface area contributed by atoms with E-state index in [1.165, 1.54) is 28.3 Å². The number of anilines is 1. The van der Waals surface area contributed by atoms with Gasteiger partial charge in [-0.25, -0.2) is 4.39 Å². The van der Waals surface area contributed by atoms with Crippen LogP contribution >= 0.6 is 24.0 Å². The van der Waals surface area contributed by atoms with Crippen LogP contribution in [0.5, 0.6) is 0 Å². The Hall–Kier alpha value is -2.18. The Morgan fingerprint density at radius 2 is 1.92 bits per heavy atom. The molecule has 0 bridgehead atoms. The molecule has 3 rings (SSSR count). The minimum Gasteiger partial charge on any atom is -0.367 e. The number of halogens is 1. The first-order chi connectivity index (χ1) is 11.5. The van der Waals surface area contributed by atoms with Crippen LogP contribution in [-0.2, 0) is 4.79 Å². The standard InChI is InChI=1S/C18H15FN2OS2/c1-12-6-8-14(9-7-12)20-11-21-17(22)16(24-18(21)23)10-13-4-2-3-5-15(13)19/h2-10,20H,11H2,1H3. The summed E-state index contributed by atoms with van der Waals surface area (Å²) in [4.78, 5) is 14.4. The number of benzene rings is 2. The van der Waals surface area contributed by atoms with Gasteiger partial charge in [0.25, 0.3) is 5.91 Å². The van der Waals surface area contributed by atoms with Crippen LogP contribution in [0.15, 0.2) is 53.4 Å². The van der Waals surface area contributed by atoms with E-state index in [0.29, 0.717) is 14.8 Å². The van der Waals surface area contributed by atoms with Gasteiger partial charge >= 0.3 is 0 Å². The van der Waals surface area contributed by atoms with Gasteiger partial charge in [-0.15, -0.1) is 0 Å². The van der Waals surface area contributed by atoms with E-state index in [1.54, 1.807) is 24.3 Å². The summed E-state index contributed by atoms with van der Waals surface area (Å²) < 4.78 is 14.2. The smallest absolute Gasteiger partial charge is 0.267 e. The van der Waals surface area contributed by atoms with E-state index in [1.807, 2.05) is 31.2 Å². The molecule has 0 unspecified atom stereocenters. The highest BCUT2D eigenvalue weighted by atomic mass is 32.2. The molecule has 0 aromatic heterocycles. The van der Waals surface area contributed by atoms with Gasteiger partial charge < -0.3 is 5.32 Å². The minimum atomic E-state index is -0.361. The van der Waals surface area contributed by atoms with E-state index in [9.17, 15) is 9.18 Å². The van der Waals surface area contributed by atoms with Gasteiger partial charge in [-0.05, 0) is 31.2 Å². The highest BCUT2D eigenvalue weighted by molar-refractivity contribution is 8.26. The van der Waals surface area contributed by atoms with Gasteiger partial charge in [0, 0.05) is 11.3 Å². The largest absolute Gasteiger partial charge is 0.367 e. The molecule has 1 N–H and O–H groups in total. The fourth-order valence-corrected chi connectivity index (χ4v) is 3.46. The Kier molecular flexibility index (Phi) is 4.97. The van der Waals surface area contributed by atoms with Crippen LogP contribution in [0, 0.1) is 12.7 Å². The molecule has 1 fully saturated rings. The Morgan fingerprint density at radius 3 is 2.62 bits per heavy atom. The number of amides is 1. The molecular formula is C18H15FN2OS2. The number of aryl methyl sites for hydroxylation is 1. The second-order valence-corrected chi connectivity index (χ2v) is 7.01. The lowest BCUT2D eigenvalue weighted by Crippen LogP contribution is -2.33.